The first-order valence-electron chi connectivity index (χ1n) is 4.08. The van der Waals surface area contributed by atoms with E-state index in [1.54, 1.807) is 11.8 Å². The molecule has 1 aromatic carbocycles. The van der Waals surface area contributed by atoms with Crippen LogP contribution in [0.25, 0.3) is 0 Å². The molecule has 0 saturated carbocycles. The van der Waals surface area contributed by atoms with Gasteiger partial charge >= 0.3 is 0 Å². The Bertz CT molecular complexity index is 278. The van der Waals surface area contributed by atoms with Crippen LogP contribution in [0.5, 0.6) is 0 Å². The first-order valence-corrected chi connectivity index (χ1v) is 5.60. The number of alkyl halides is 1. The molecule has 0 aliphatic rings. The highest BCUT2D eigenvalue weighted by atomic mass is 35.5. The number of rotatable bonds is 4. The molecule has 0 aliphatic carbocycles. The van der Waals surface area contributed by atoms with Crippen LogP contribution in [0, 0.1) is 0 Å². The highest BCUT2D eigenvalue weighted by Gasteiger charge is 1.97. The van der Waals surface area contributed by atoms with E-state index < -0.39 is 0 Å². The van der Waals surface area contributed by atoms with Gasteiger partial charge in [0.2, 0.25) is 0 Å². The van der Waals surface area contributed by atoms with Gasteiger partial charge in [0.1, 0.15) is 0 Å². The Balaban J connectivity index is 2.53. The maximum absolute atomic E-state index is 5.66. The lowest BCUT2D eigenvalue weighted by Crippen LogP contribution is -1.94. The van der Waals surface area contributed by atoms with E-state index in [1.165, 1.54) is 0 Å². The second-order valence-electron chi connectivity index (χ2n) is 2.68. The minimum absolute atomic E-state index is 0.640. The maximum atomic E-state index is 5.66. The van der Waals surface area contributed by atoms with E-state index in [0.29, 0.717) is 17.3 Å². The van der Waals surface area contributed by atoms with Crippen molar-refractivity contribution in [2.75, 3.05) is 23.1 Å². The summed E-state index contributed by atoms with van der Waals surface area (Å²) in [7, 11) is 0. The van der Waals surface area contributed by atoms with Gasteiger partial charge in [-0.3, -0.25) is 0 Å². The largest absolute Gasteiger partial charge is 0.397 e. The first kappa shape index (κ1) is 10.5. The molecule has 0 aliphatic heterocycles. The van der Waals surface area contributed by atoms with Crippen molar-refractivity contribution < 1.29 is 0 Å². The van der Waals surface area contributed by atoms with Crippen LogP contribution in [0.4, 0.5) is 11.4 Å². The third kappa shape index (κ3) is 3.36. The molecule has 0 bridgehead atoms. The molecular weight excluding hydrogens is 204 g/mol. The SMILES string of the molecule is Nc1ccc(SCCCCl)cc1N. The fraction of sp³-hybridized carbons (Fsp3) is 0.333. The molecule has 13 heavy (non-hydrogen) atoms. The minimum atomic E-state index is 0.640. The number of thioether (sulfide) groups is 1. The van der Waals surface area contributed by atoms with Crippen LogP contribution in [0.3, 0.4) is 0 Å². The Kier molecular flexibility index (Phi) is 4.25. The third-order valence-electron chi connectivity index (χ3n) is 1.60. The average molecular weight is 217 g/mol. The number of halogens is 1. The summed E-state index contributed by atoms with van der Waals surface area (Å²) in [5.41, 5.74) is 12.5. The summed E-state index contributed by atoms with van der Waals surface area (Å²) >= 11 is 7.31. The highest BCUT2D eigenvalue weighted by Crippen LogP contribution is 2.24. The zero-order valence-corrected chi connectivity index (χ0v) is 8.87. The van der Waals surface area contributed by atoms with Gasteiger partial charge in [0.15, 0.2) is 0 Å². The van der Waals surface area contributed by atoms with Crippen LogP contribution >= 0.6 is 23.4 Å². The zero-order valence-electron chi connectivity index (χ0n) is 7.29. The summed E-state index contributed by atoms with van der Waals surface area (Å²) in [4.78, 5) is 1.15. The van der Waals surface area contributed by atoms with Gasteiger partial charge in [-0.2, -0.15) is 0 Å². The summed E-state index contributed by atoms with van der Waals surface area (Å²) < 4.78 is 0. The second-order valence-corrected chi connectivity index (χ2v) is 4.23. The van der Waals surface area contributed by atoms with Gasteiger partial charge < -0.3 is 11.5 Å². The number of anilines is 2. The molecule has 0 amide bonds. The monoisotopic (exact) mass is 216 g/mol. The molecule has 0 spiro atoms. The number of benzene rings is 1. The van der Waals surface area contributed by atoms with E-state index >= 15 is 0 Å². The van der Waals surface area contributed by atoms with E-state index in [1.807, 2.05) is 18.2 Å². The molecule has 0 heterocycles. The Hall–Kier alpha value is -0.540. The van der Waals surface area contributed by atoms with Crippen LogP contribution in [0.1, 0.15) is 6.42 Å². The fourth-order valence-corrected chi connectivity index (χ4v) is 2.08. The van der Waals surface area contributed by atoms with Crippen molar-refractivity contribution in [3.8, 4) is 0 Å². The number of nitrogens with two attached hydrogens (primary N) is 2. The van der Waals surface area contributed by atoms with Gasteiger partial charge in [-0.05, 0) is 30.4 Å². The number of nitrogen functional groups attached to an aromatic ring is 2. The third-order valence-corrected chi connectivity index (χ3v) is 2.95. The van der Waals surface area contributed by atoms with Gasteiger partial charge in [0, 0.05) is 10.8 Å². The van der Waals surface area contributed by atoms with E-state index in [9.17, 15) is 0 Å². The number of hydrogen-bond donors (Lipinski definition) is 2. The average Bonchev–Trinajstić information content (AvgIpc) is 2.12. The molecule has 0 fully saturated rings. The van der Waals surface area contributed by atoms with Crippen molar-refractivity contribution in [2.24, 2.45) is 0 Å². The molecular formula is C9H13ClN2S. The molecule has 0 unspecified atom stereocenters. The van der Waals surface area contributed by atoms with E-state index in [4.69, 9.17) is 23.1 Å². The first-order chi connectivity index (χ1) is 6.24. The Labute approximate surface area is 87.6 Å². The minimum Gasteiger partial charge on any atom is -0.397 e. The predicted molar refractivity (Wildman–Crippen MR) is 61.3 cm³/mol. The van der Waals surface area contributed by atoms with E-state index in [-0.39, 0.29) is 0 Å². The van der Waals surface area contributed by atoms with Crippen LogP contribution in [-0.2, 0) is 0 Å². The molecule has 0 saturated heterocycles. The molecule has 2 nitrogen and oxygen atoms in total. The van der Waals surface area contributed by atoms with Crippen LogP contribution < -0.4 is 11.5 Å². The normalized spacial score (nSPS) is 10.2. The summed E-state index contributed by atoms with van der Waals surface area (Å²) in [5, 5.41) is 0. The predicted octanol–water partition coefficient (Wildman–Crippen LogP) is 2.57. The molecule has 72 valence electrons. The molecule has 4 N–H and O–H groups in total. The van der Waals surface area contributed by atoms with Crippen LogP contribution in [0.15, 0.2) is 23.1 Å². The van der Waals surface area contributed by atoms with Gasteiger partial charge in [-0.25, -0.2) is 0 Å². The van der Waals surface area contributed by atoms with Gasteiger partial charge in [0.05, 0.1) is 11.4 Å². The lowest BCUT2D eigenvalue weighted by atomic mass is 10.3. The molecule has 0 atom stereocenters. The smallest absolute Gasteiger partial charge is 0.0559 e. The van der Waals surface area contributed by atoms with Crippen molar-refractivity contribution in [3.05, 3.63) is 18.2 Å². The van der Waals surface area contributed by atoms with E-state index in [0.717, 1.165) is 17.1 Å². The fourth-order valence-electron chi connectivity index (χ4n) is 0.887. The molecule has 4 heteroatoms. The van der Waals surface area contributed by atoms with E-state index in [2.05, 4.69) is 0 Å². The zero-order chi connectivity index (χ0) is 9.68. The number of hydrogen-bond acceptors (Lipinski definition) is 3. The Morgan fingerprint density at radius 3 is 2.62 bits per heavy atom. The van der Waals surface area contributed by atoms with Crippen molar-refractivity contribution in [1.29, 1.82) is 0 Å². The van der Waals surface area contributed by atoms with Crippen molar-refractivity contribution in [1.82, 2.24) is 0 Å². The quantitative estimate of drug-likeness (QED) is 0.352. The van der Waals surface area contributed by atoms with Crippen molar-refractivity contribution in [2.45, 2.75) is 11.3 Å². The van der Waals surface area contributed by atoms with Crippen LogP contribution in [0.2, 0.25) is 0 Å². The molecule has 0 aromatic heterocycles. The summed E-state index contributed by atoms with van der Waals surface area (Å²) in [6, 6.07) is 5.71. The Morgan fingerprint density at radius 2 is 2.00 bits per heavy atom. The van der Waals surface area contributed by atoms with Crippen molar-refractivity contribution in [3.63, 3.8) is 0 Å². The van der Waals surface area contributed by atoms with Gasteiger partial charge in [-0.1, -0.05) is 0 Å². The second kappa shape index (κ2) is 5.25. The van der Waals surface area contributed by atoms with Crippen molar-refractivity contribution >= 4 is 34.7 Å². The summed E-state index contributed by atoms with van der Waals surface area (Å²) in [5.74, 6) is 1.73. The lowest BCUT2D eigenvalue weighted by molar-refractivity contribution is 1.11. The van der Waals surface area contributed by atoms with Gasteiger partial charge in [-0.15, -0.1) is 23.4 Å². The summed E-state index contributed by atoms with van der Waals surface area (Å²) in [6.07, 6.45) is 1.01. The summed E-state index contributed by atoms with van der Waals surface area (Å²) in [6.45, 7) is 0. The topological polar surface area (TPSA) is 52.0 Å². The maximum Gasteiger partial charge on any atom is 0.0559 e. The van der Waals surface area contributed by atoms with Gasteiger partial charge in [0.25, 0.3) is 0 Å². The highest BCUT2D eigenvalue weighted by molar-refractivity contribution is 7.99. The van der Waals surface area contributed by atoms with Crippen LogP contribution in [-0.4, -0.2) is 11.6 Å². The lowest BCUT2D eigenvalue weighted by Gasteiger charge is -2.03. The Morgan fingerprint density at radius 1 is 1.23 bits per heavy atom. The molecule has 1 rings (SSSR count). The molecule has 1 aromatic rings. The molecule has 0 radical (unpaired) electrons. The standard InChI is InChI=1S/C9H13ClN2S/c10-4-1-5-13-7-2-3-8(11)9(12)6-7/h2-3,6H,1,4-5,11-12H2.